The summed E-state index contributed by atoms with van der Waals surface area (Å²) in [6.45, 7) is 3.92. The van der Waals surface area contributed by atoms with Crippen LogP contribution in [0.15, 0.2) is 29.8 Å². The van der Waals surface area contributed by atoms with E-state index in [1.165, 1.54) is 11.6 Å². The first-order valence-electron chi connectivity index (χ1n) is 4.03. The quantitative estimate of drug-likeness (QED) is 0.522. The number of hydrogen-bond acceptors (Lipinski definition) is 1. The van der Waals surface area contributed by atoms with E-state index in [1.807, 2.05) is 32.0 Å². The fourth-order valence-electron chi connectivity index (χ4n) is 1.24. The molecule has 0 saturated carbocycles. The molecule has 0 aliphatic rings. The molecule has 0 aromatic heterocycles. The fourth-order valence-corrected chi connectivity index (χ4v) is 1.35. The maximum atomic E-state index is 11.4. The molecule has 0 heterocycles. The third-order valence-corrected chi connectivity index (χ3v) is 1.99. The number of rotatable bonds is 2. The van der Waals surface area contributed by atoms with Crippen molar-refractivity contribution in [2.75, 3.05) is 0 Å². The summed E-state index contributed by atoms with van der Waals surface area (Å²) in [5, 5.41) is 0. The van der Waals surface area contributed by atoms with Crippen molar-refractivity contribution >= 4 is 17.4 Å². The zero-order valence-electron chi connectivity index (χ0n) is 7.67. The van der Waals surface area contributed by atoms with Gasteiger partial charge in [0.1, 0.15) is 0 Å². The molecule has 1 aromatic carbocycles. The number of benzene rings is 1. The van der Waals surface area contributed by atoms with Crippen LogP contribution >= 0.6 is 11.6 Å². The third kappa shape index (κ3) is 2.43. The van der Waals surface area contributed by atoms with Crippen molar-refractivity contribution in [3.8, 4) is 0 Å². The first-order chi connectivity index (χ1) is 6.15. The van der Waals surface area contributed by atoms with Gasteiger partial charge in [0.25, 0.3) is 0 Å². The maximum Gasteiger partial charge on any atom is 0.186 e. The van der Waals surface area contributed by atoms with Gasteiger partial charge in [-0.25, -0.2) is 0 Å². The number of allylic oxidation sites excluding steroid dienone is 1. The summed E-state index contributed by atoms with van der Waals surface area (Å²) in [6, 6.07) is 5.72. The minimum absolute atomic E-state index is 0.0486. The van der Waals surface area contributed by atoms with Gasteiger partial charge in [-0.05, 0) is 25.5 Å². The summed E-state index contributed by atoms with van der Waals surface area (Å²) in [7, 11) is 0. The van der Waals surface area contributed by atoms with Crippen LogP contribution in [0.2, 0.25) is 0 Å². The molecule has 1 rings (SSSR count). The number of carbonyl (C=O) groups is 1. The van der Waals surface area contributed by atoms with E-state index in [0.717, 1.165) is 11.1 Å². The van der Waals surface area contributed by atoms with E-state index < -0.39 is 0 Å². The van der Waals surface area contributed by atoms with Crippen molar-refractivity contribution in [3.05, 3.63) is 46.5 Å². The second-order valence-corrected chi connectivity index (χ2v) is 3.23. The molecular weight excluding hydrogens is 184 g/mol. The third-order valence-electron chi connectivity index (χ3n) is 1.86. The summed E-state index contributed by atoms with van der Waals surface area (Å²) in [5.41, 5.74) is 4.09. The smallest absolute Gasteiger partial charge is 0.186 e. The molecule has 0 unspecified atom stereocenters. The first-order valence-corrected chi connectivity index (χ1v) is 4.47. The van der Waals surface area contributed by atoms with E-state index in [0.29, 0.717) is 5.56 Å². The topological polar surface area (TPSA) is 17.1 Å². The standard InChI is InChI=1S/C11H11ClO/c1-8-3-4-10(9(2)7-8)11(13)5-6-12/h3-7H,1-2H3/b6-5+. The van der Waals surface area contributed by atoms with Crippen molar-refractivity contribution in [2.45, 2.75) is 13.8 Å². The summed E-state index contributed by atoms with van der Waals surface area (Å²) in [4.78, 5) is 11.4. The monoisotopic (exact) mass is 194 g/mol. The predicted octanol–water partition coefficient (Wildman–Crippen LogP) is 3.24. The highest BCUT2D eigenvalue weighted by Crippen LogP contribution is 2.11. The molecule has 0 aliphatic heterocycles. The van der Waals surface area contributed by atoms with Crippen LogP contribution < -0.4 is 0 Å². The minimum Gasteiger partial charge on any atom is -0.289 e. The average molecular weight is 195 g/mol. The van der Waals surface area contributed by atoms with Crippen LogP contribution in [0.1, 0.15) is 21.5 Å². The zero-order valence-corrected chi connectivity index (χ0v) is 8.43. The molecular formula is C11H11ClO. The number of ketones is 1. The van der Waals surface area contributed by atoms with E-state index >= 15 is 0 Å². The lowest BCUT2D eigenvalue weighted by Gasteiger charge is -2.02. The van der Waals surface area contributed by atoms with Gasteiger partial charge in [-0.1, -0.05) is 35.4 Å². The summed E-state index contributed by atoms with van der Waals surface area (Å²) < 4.78 is 0. The van der Waals surface area contributed by atoms with Crippen LogP contribution in [0.4, 0.5) is 0 Å². The molecule has 0 saturated heterocycles. The van der Waals surface area contributed by atoms with Gasteiger partial charge in [0.2, 0.25) is 0 Å². The van der Waals surface area contributed by atoms with Gasteiger partial charge in [0, 0.05) is 11.1 Å². The lowest BCUT2D eigenvalue weighted by Crippen LogP contribution is -1.97. The van der Waals surface area contributed by atoms with Gasteiger partial charge in [0.15, 0.2) is 5.78 Å². The first kappa shape index (κ1) is 10.0. The summed E-state index contributed by atoms with van der Waals surface area (Å²) in [5.74, 6) is -0.0486. The number of aryl methyl sites for hydroxylation is 2. The number of hydrogen-bond donors (Lipinski definition) is 0. The lowest BCUT2D eigenvalue weighted by molar-refractivity contribution is 0.104. The van der Waals surface area contributed by atoms with Gasteiger partial charge >= 0.3 is 0 Å². The molecule has 0 spiro atoms. The molecule has 0 bridgehead atoms. The van der Waals surface area contributed by atoms with E-state index in [9.17, 15) is 4.79 Å². The van der Waals surface area contributed by atoms with Gasteiger partial charge in [-0.2, -0.15) is 0 Å². The van der Waals surface area contributed by atoms with Crippen molar-refractivity contribution in [2.24, 2.45) is 0 Å². The molecule has 2 heteroatoms. The van der Waals surface area contributed by atoms with Crippen LogP contribution in [-0.4, -0.2) is 5.78 Å². The normalized spacial score (nSPS) is 10.7. The molecule has 0 aliphatic carbocycles. The average Bonchev–Trinajstić information content (AvgIpc) is 2.04. The van der Waals surface area contributed by atoms with E-state index in [2.05, 4.69) is 0 Å². The Bertz CT molecular complexity index is 353. The van der Waals surface area contributed by atoms with Gasteiger partial charge in [-0.3, -0.25) is 4.79 Å². The molecule has 0 amide bonds. The highest BCUT2D eigenvalue weighted by Gasteiger charge is 2.04. The Morgan fingerprint density at radius 3 is 2.62 bits per heavy atom. The Hall–Kier alpha value is -1.08. The van der Waals surface area contributed by atoms with Crippen LogP contribution in [0, 0.1) is 13.8 Å². The zero-order chi connectivity index (χ0) is 9.84. The molecule has 13 heavy (non-hydrogen) atoms. The minimum atomic E-state index is -0.0486. The van der Waals surface area contributed by atoms with Gasteiger partial charge in [-0.15, -0.1) is 0 Å². The molecule has 0 fully saturated rings. The second-order valence-electron chi connectivity index (χ2n) is 2.98. The van der Waals surface area contributed by atoms with E-state index in [4.69, 9.17) is 11.6 Å². The molecule has 68 valence electrons. The number of carbonyl (C=O) groups excluding carboxylic acids is 1. The van der Waals surface area contributed by atoms with Gasteiger partial charge in [0.05, 0.1) is 0 Å². The van der Waals surface area contributed by atoms with Crippen LogP contribution in [0.3, 0.4) is 0 Å². The molecule has 0 radical (unpaired) electrons. The molecule has 0 atom stereocenters. The Morgan fingerprint density at radius 1 is 1.38 bits per heavy atom. The Labute approximate surface area is 83.0 Å². The van der Waals surface area contributed by atoms with Crippen LogP contribution in [0.25, 0.3) is 0 Å². The molecule has 1 nitrogen and oxygen atoms in total. The van der Waals surface area contributed by atoms with Gasteiger partial charge < -0.3 is 0 Å². The SMILES string of the molecule is Cc1ccc(C(=O)/C=C/Cl)c(C)c1. The number of halogens is 1. The molecule has 0 N–H and O–H groups in total. The van der Waals surface area contributed by atoms with E-state index in [1.54, 1.807) is 0 Å². The maximum absolute atomic E-state index is 11.4. The van der Waals surface area contributed by atoms with Crippen molar-refractivity contribution < 1.29 is 4.79 Å². The van der Waals surface area contributed by atoms with Crippen LogP contribution in [-0.2, 0) is 0 Å². The highest BCUT2D eigenvalue weighted by atomic mass is 35.5. The Balaban J connectivity index is 3.09. The Kier molecular flexibility index (Phi) is 3.26. The van der Waals surface area contributed by atoms with Crippen molar-refractivity contribution in [1.82, 2.24) is 0 Å². The highest BCUT2D eigenvalue weighted by molar-refractivity contribution is 6.27. The predicted molar refractivity (Wildman–Crippen MR) is 55.2 cm³/mol. The fraction of sp³-hybridized carbons (Fsp3) is 0.182. The Morgan fingerprint density at radius 2 is 2.08 bits per heavy atom. The second kappa shape index (κ2) is 4.24. The van der Waals surface area contributed by atoms with Crippen molar-refractivity contribution in [1.29, 1.82) is 0 Å². The van der Waals surface area contributed by atoms with Crippen LogP contribution in [0.5, 0.6) is 0 Å². The molecule has 1 aromatic rings. The van der Waals surface area contributed by atoms with Crippen molar-refractivity contribution in [3.63, 3.8) is 0 Å². The summed E-state index contributed by atoms with van der Waals surface area (Å²) in [6.07, 6.45) is 1.36. The van der Waals surface area contributed by atoms with E-state index in [-0.39, 0.29) is 5.78 Å². The largest absolute Gasteiger partial charge is 0.289 e. The lowest BCUT2D eigenvalue weighted by atomic mass is 10.0. The summed E-state index contributed by atoms with van der Waals surface area (Å²) >= 11 is 5.33.